The molecule has 0 aliphatic heterocycles. The van der Waals surface area contributed by atoms with Crippen molar-refractivity contribution in [3.05, 3.63) is 0 Å². The van der Waals surface area contributed by atoms with E-state index in [0.29, 0.717) is 0 Å². The molecule has 1 aliphatic rings. The Morgan fingerprint density at radius 3 is 2.89 bits per heavy atom. The summed E-state index contributed by atoms with van der Waals surface area (Å²) in [6.07, 6.45) is 6.56. The summed E-state index contributed by atoms with van der Waals surface area (Å²) in [7, 11) is 1.71. The van der Waals surface area contributed by atoms with Crippen LogP contribution in [0.1, 0.15) is 45.4 Å². The molecule has 0 radical (unpaired) electrons. The van der Waals surface area contributed by atoms with Crippen LogP contribution in [0.15, 0.2) is 0 Å². The third-order valence-corrected chi connectivity index (χ3v) is 3.70. The van der Waals surface area contributed by atoms with Crippen LogP contribution in [-0.2, 0) is 9.47 Å². The molecule has 1 fully saturated rings. The fourth-order valence-corrected chi connectivity index (χ4v) is 2.65. The molecule has 18 heavy (non-hydrogen) atoms. The highest BCUT2D eigenvalue weighted by atomic mass is 16.5. The molecule has 2 unspecified atom stereocenters. The highest BCUT2D eigenvalue weighted by molar-refractivity contribution is 4.93. The molecular weight excluding hydrogens is 230 g/mol. The Bertz CT molecular complexity index is 213. The molecule has 4 nitrogen and oxygen atoms in total. The Kier molecular flexibility index (Phi) is 7.82. The van der Waals surface area contributed by atoms with Crippen LogP contribution in [0.25, 0.3) is 0 Å². The van der Waals surface area contributed by atoms with Gasteiger partial charge in [0.2, 0.25) is 0 Å². The SMILES string of the molecule is CCCNC1(CO)CCCC(OCCCOC)C1. The monoisotopic (exact) mass is 259 g/mol. The maximum atomic E-state index is 9.66. The standard InChI is InChI=1S/C14H29NO3/c1-3-8-15-14(12-16)7-4-6-13(11-14)18-10-5-9-17-2/h13,15-16H,3-12H2,1-2H3. The summed E-state index contributed by atoms with van der Waals surface area (Å²) in [5.74, 6) is 0. The Hall–Kier alpha value is -0.160. The molecular formula is C14H29NO3. The summed E-state index contributed by atoms with van der Waals surface area (Å²) in [4.78, 5) is 0. The zero-order valence-corrected chi connectivity index (χ0v) is 11.9. The lowest BCUT2D eigenvalue weighted by Crippen LogP contribution is -2.53. The quantitative estimate of drug-likeness (QED) is 0.619. The van der Waals surface area contributed by atoms with Crippen molar-refractivity contribution >= 4 is 0 Å². The predicted octanol–water partition coefficient (Wildman–Crippen LogP) is 1.71. The molecule has 1 aliphatic carbocycles. The van der Waals surface area contributed by atoms with Crippen LogP contribution in [0, 0.1) is 0 Å². The Morgan fingerprint density at radius 1 is 1.39 bits per heavy atom. The lowest BCUT2D eigenvalue weighted by Gasteiger charge is -2.40. The predicted molar refractivity (Wildman–Crippen MR) is 72.8 cm³/mol. The van der Waals surface area contributed by atoms with Crippen LogP contribution in [0.4, 0.5) is 0 Å². The molecule has 4 heteroatoms. The first-order valence-corrected chi connectivity index (χ1v) is 7.23. The van der Waals surface area contributed by atoms with Crippen LogP contribution >= 0.6 is 0 Å². The van der Waals surface area contributed by atoms with E-state index in [4.69, 9.17) is 9.47 Å². The maximum Gasteiger partial charge on any atom is 0.0614 e. The number of aliphatic hydroxyl groups excluding tert-OH is 1. The highest BCUT2D eigenvalue weighted by Gasteiger charge is 2.35. The number of nitrogens with one attached hydrogen (secondary N) is 1. The van der Waals surface area contributed by atoms with Crippen molar-refractivity contribution in [1.82, 2.24) is 5.32 Å². The molecule has 0 bridgehead atoms. The van der Waals surface area contributed by atoms with E-state index in [9.17, 15) is 5.11 Å². The lowest BCUT2D eigenvalue weighted by atomic mass is 9.80. The van der Waals surface area contributed by atoms with Crippen molar-refractivity contribution in [3.8, 4) is 0 Å². The highest BCUT2D eigenvalue weighted by Crippen LogP contribution is 2.30. The molecule has 0 spiro atoms. The second-order valence-corrected chi connectivity index (χ2v) is 5.30. The smallest absolute Gasteiger partial charge is 0.0614 e. The van der Waals surface area contributed by atoms with Crippen LogP contribution in [0.2, 0.25) is 0 Å². The minimum absolute atomic E-state index is 0.111. The fraction of sp³-hybridized carbons (Fsp3) is 1.00. The van der Waals surface area contributed by atoms with Crippen molar-refractivity contribution in [1.29, 1.82) is 0 Å². The number of methoxy groups -OCH3 is 1. The first kappa shape index (κ1) is 15.9. The summed E-state index contributed by atoms with van der Waals surface area (Å²) in [6, 6.07) is 0. The van der Waals surface area contributed by atoms with Gasteiger partial charge in [-0.3, -0.25) is 0 Å². The summed E-state index contributed by atoms with van der Waals surface area (Å²) in [5.41, 5.74) is -0.111. The molecule has 0 saturated heterocycles. The first-order chi connectivity index (χ1) is 8.76. The first-order valence-electron chi connectivity index (χ1n) is 7.23. The van der Waals surface area contributed by atoms with Crippen molar-refractivity contribution in [3.63, 3.8) is 0 Å². The van der Waals surface area contributed by atoms with Crippen molar-refractivity contribution in [2.24, 2.45) is 0 Å². The number of rotatable bonds is 9. The van der Waals surface area contributed by atoms with E-state index < -0.39 is 0 Å². The summed E-state index contributed by atoms with van der Waals surface area (Å²) < 4.78 is 10.9. The third-order valence-electron chi connectivity index (χ3n) is 3.70. The van der Waals surface area contributed by atoms with Gasteiger partial charge in [-0.25, -0.2) is 0 Å². The van der Waals surface area contributed by atoms with Gasteiger partial charge in [0.25, 0.3) is 0 Å². The average Bonchev–Trinajstić information content (AvgIpc) is 2.42. The minimum Gasteiger partial charge on any atom is -0.394 e. The molecule has 1 rings (SSSR count). The van der Waals surface area contributed by atoms with E-state index in [0.717, 1.165) is 58.3 Å². The van der Waals surface area contributed by atoms with Crippen LogP contribution < -0.4 is 5.32 Å². The molecule has 0 amide bonds. The summed E-state index contributed by atoms with van der Waals surface area (Å²) >= 11 is 0. The number of ether oxygens (including phenoxy) is 2. The Balaban J connectivity index is 2.33. The van der Waals surface area contributed by atoms with E-state index in [-0.39, 0.29) is 18.2 Å². The molecule has 108 valence electrons. The average molecular weight is 259 g/mol. The second kappa shape index (κ2) is 8.86. The Morgan fingerprint density at radius 2 is 2.22 bits per heavy atom. The van der Waals surface area contributed by atoms with Crippen molar-refractivity contribution in [2.75, 3.05) is 33.5 Å². The molecule has 0 heterocycles. The fourth-order valence-electron chi connectivity index (χ4n) is 2.65. The summed E-state index contributed by atoms with van der Waals surface area (Å²) in [5, 5.41) is 13.2. The lowest BCUT2D eigenvalue weighted by molar-refractivity contribution is -0.0208. The van der Waals surface area contributed by atoms with Gasteiger partial charge in [-0.15, -0.1) is 0 Å². The number of hydrogen-bond donors (Lipinski definition) is 2. The molecule has 1 saturated carbocycles. The third kappa shape index (κ3) is 5.22. The van der Waals surface area contributed by atoms with Crippen molar-refractivity contribution in [2.45, 2.75) is 57.1 Å². The second-order valence-electron chi connectivity index (χ2n) is 5.30. The van der Waals surface area contributed by atoms with Crippen molar-refractivity contribution < 1.29 is 14.6 Å². The van der Waals surface area contributed by atoms with Gasteiger partial charge in [0, 0.05) is 25.9 Å². The molecule has 0 aromatic carbocycles. The van der Waals surface area contributed by atoms with E-state index in [2.05, 4.69) is 12.2 Å². The zero-order chi connectivity index (χ0) is 13.3. The topological polar surface area (TPSA) is 50.7 Å². The van der Waals surface area contributed by atoms with Gasteiger partial charge in [-0.1, -0.05) is 6.92 Å². The van der Waals surface area contributed by atoms with Gasteiger partial charge < -0.3 is 19.9 Å². The van der Waals surface area contributed by atoms with Gasteiger partial charge in [0.05, 0.1) is 12.7 Å². The van der Waals surface area contributed by atoms with E-state index in [1.807, 2.05) is 0 Å². The van der Waals surface area contributed by atoms with E-state index in [1.165, 1.54) is 0 Å². The van der Waals surface area contributed by atoms with Gasteiger partial charge in [0.1, 0.15) is 0 Å². The Labute approximate surface area is 111 Å². The van der Waals surface area contributed by atoms with Gasteiger partial charge in [0.15, 0.2) is 0 Å². The molecule has 2 N–H and O–H groups in total. The molecule has 2 atom stereocenters. The van der Waals surface area contributed by atoms with E-state index >= 15 is 0 Å². The van der Waals surface area contributed by atoms with E-state index in [1.54, 1.807) is 7.11 Å². The maximum absolute atomic E-state index is 9.66. The van der Waals surface area contributed by atoms with Crippen LogP contribution in [0.3, 0.4) is 0 Å². The van der Waals surface area contributed by atoms with Crippen LogP contribution in [0.5, 0.6) is 0 Å². The van der Waals surface area contributed by atoms with Crippen LogP contribution in [-0.4, -0.2) is 50.2 Å². The molecule has 0 aromatic rings. The normalized spacial score (nSPS) is 28.5. The zero-order valence-electron chi connectivity index (χ0n) is 11.9. The minimum atomic E-state index is -0.111. The number of aliphatic hydroxyl groups is 1. The largest absolute Gasteiger partial charge is 0.394 e. The van der Waals surface area contributed by atoms with Gasteiger partial charge in [-0.05, 0) is 45.1 Å². The van der Waals surface area contributed by atoms with Gasteiger partial charge >= 0.3 is 0 Å². The number of hydrogen-bond acceptors (Lipinski definition) is 4. The summed E-state index contributed by atoms with van der Waals surface area (Å²) in [6.45, 7) is 4.85. The van der Waals surface area contributed by atoms with Gasteiger partial charge in [-0.2, -0.15) is 0 Å². The molecule has 0 aromatic heterocycles.